The van der Waals surface area contributed by atoms with Crippen LogP contribution in [0.2, 0.25) is 5.02 Å². The highest BCUT2D eigenvalue weighted by atomic mass is 35.5. The Labute approximate surface area is 165 Å². The number of nitrogens with zero attached hydrogens (tertiary/aromatic N) is 1. The molecular formula is C19H24ClN3O3S. The second-order valence-electron chi connectivity index (χ2n) is 6.37. The van der Waals surface area contributed by atoms with Crippen LogP contribution in [0.5, 0.6) is 0 Å². The second-order valence-corrected chi connectivity index (χ2v) is 8.51. The van der Waals surface area contributed by atoms with E-state index in [0.29, 0.717) is 6.54 Å². The van der Waals surface area contributed by atoms with E-state index in [2.05, 4.69) is 10.0 Å². The van der Waals surface area contributed by atoms with Crippen LogP contribution in [0.3, 0.4) is 0 Å². The van der Waals surface area contributed by atoms with Crippen molar-refractivity contribution in [2.45, 2.75) is 17.4 Å². The fourth-order valence-corrected chi connectivity index (χ4v) is 4.14. The van der Waals surface area contributed by atoms with Gasteiger partial charge in [0.1, 0.15) is 4.90 Å². The standard InChI is InChI=1S/C19H24ClN3O3S/c1-23(2)14-17(15-8-4-3-5-9-15)22-19(24)12-13-21-27(25,26)18-11-7-6-10-16(18)20/h3-11,17,21H,12-14H2,1-2H3,(H,22,24). The number of carbonyl (C=O) groups is 1. The van der Waals surface area contributed by atoms with Crippen LogP contribution in [0.4, 0.5) is 0 Å². The van der Waals surface area contributed by atoms with Gasteiger partial charge in [0.2, 0.25) is 15.9 Å². The summed E-state index contributed by atoms with van der Waals surface area (Å²) in [5.74, 6) is -0.229. The van der Waals surface area contributed by atoms with E-state index >= 15 is 0 Å². The van der Waals surface area contributed by atoms with Crippen molar-refractivity contribution >= 4 is 27.5 Å². The highest BCUT2D eigenvalue weighted by molar-refractivity contribution is 7.89. The summed E-state index contributed by atoms with van der Waals surface area (Å²) in [5, 5.41) is 3.10. The van der Waals surface area contributed by atoms with Gasteiger partial charge in [0.25, 0.3) is 0 Å². The van der Waals surface area contributed by atoms with Crippen LogP contribution in [0.1, 0.15) is 18.0 Å². The van der Waals surface area contributed by atoms with Gasteiger partial charge in [-0.3, -0.25) is 4.79 Å². The Kier molecular flexibility index (Phi) is 7.79. The molecule has 1 unspecified atom stereocenters. The first-order chi connectivity index (χ1) is 12.8. The lowest BCUT2D eigenvalue weighted by Gasteiger charge is -2.23. The van der Waals surface area contributed by atoms with Crippen LogP contribution in [0.25, 0.3) is 0 Å². The second kappa shape index (κ2) is 9.85. The summed E-state index contributed by atoms with van der Waals surface area (Å²) in [6.07, 6.45) is 0.0282. The molecule has 0 fully saturated rings. The van der Waals surface area contributed by atoms with Crippen molar-refractivity contribution in [3.63, 3.8) is 0 Å². The number of hydrogen-bond acceptors (Lipinski definition) is 4. The van der Waals surface area contributed by atoms with E-state index < -0.39 is 10.0 Å². The van der Waals surface area contributed by atoms with E-state index in [1.54, 1.807) is 12.1 Å². The molecule has 0 spiro atoms. The molecule has 0 saturated carbocycles. The Morgan fingerprint density at radius 3 is 2.33 bits per heavy atom. The molecule has 0 heterocycles. The highest BCUT2D eigenvalue weighted by Gasteiger charge is 2.19. The summed E-state index contributed by atoms with van der Waals surface area (Å²) in [5.41, 5.74) is 0.996. The maximum Gasteiger partial charge on any atom is 0.242 e. The number of carbonyl (C=O) groups excluding carboxylic acids is 1. The van der Waals surface area contributed by atoms with Crippen molar-refractivity contribution in [2.75, 3.05) is 27.2 Å². The molecule has 0 aromatic heterocycles. The molecule has 2 aromatic rings. The van der Waals surface area contributed by atoms with Crippen molar-refractivity contribution in [2.24, 2.45) is 0 Å². The largest absolute Gasteiger partial charge is 0.348 e. The van der Waals surface area contributed by atoms with Crippen LogP contribution < -0.4 is 10.0 Å². The molecule has 0 radical (unpaired) electrons. The van der Waals surface area contributed by atoms with Gasteiger partial charge in [0, 0.05) is 19.5 Å². The smallest absolute Gasteiger partial charge is 0.242 e. The number of hydrogen-bond donors (Lipinski definition) is 2. The van der Waals surface area contributed by atoms with Gasteiger partial charge in [-0.2, -0.15) is 0 Å². The van der Waals surface area contributed by atoms with E-state index in [1.165, 1.54) is 12.1 Å². The van der Waals surface area contributed by atoms with E-state index in [-0.39, 0.29) is 34.8 Å². The third-order valence-corrected chi connectivity index (χ3v) is 5.82. The first-order valence-electron chi connectivity index (χ1n) is 8.53. The molecule has 2 rings (SSSR count). The van der Waals surface area contributed by atoms with Gasteiger partial charge >= 0.3 is 0 Å². The van der Waals surface area contributed by atoms with Crippen molar-refractivity contribution in [3.8, 4) is 0 Å². The zero-order valence-electron chi connectivity index (χ0n) is 15.4. The number of halogens is 1. The zero-order valence-corrected chi connectivity index (χ0v) is 16.9. The molecule has 0 aliphatic carbocycles. The molecular weight excluding hydrogens is 386 g/mol. The van der Waals surface area contributed by atoms with E-state index in [1.807, 2.05) is 49.3 Å². The predicted molar refractivity (Wildman–Crippen MR) is 107 cm³/mol. The Bertz CT molecular complexity index is 858. The highest BCUT2D eigenvalue weighted by Crippen LogP contribution is 2.20. The number of likely N-dealkylation sites (N-methyl/N-ethyl adjacent to an activating group) is 1. The molecule has 2 aromatic carbocycles. The first kappa shape index (κ1) is 21.4. The van der Waals surface area contributed by atoms with Gasteiger partial charge in [-0.05, 0) is 31.8 Å². The normalized spacial score (nSPS) is 12.7. The predicted octanol–water partition coefficient (Wildman–Crippen LogP) is 2.43. The molecule has 146 valence electrons. The molecule has 2 N–H and O–H groups in total. The Hall–Kier alpha value is -1.93. The average molecular weight is 410 g/mol. The van der Waals surface area contributed by atoms with Crippen LogP contribution in [-0.4, -0.2) is 46.4 Å². The minimum atomic E-state index is -3.76. The maximum absolute atomic E-state index is 12.3. The van der Waals surface area contributed by atoms with Crippen LogP contribution in [0, 0.1) is 0 Å². The summed E-state index contributed by atoms with van der Waals surface area (Å²) in [6, 6.07) is 15.7. The minimum absolute atomic E-state index is 0.00171. The number of sulfonamides is 1. The monoisotopic (exact) mass is 409 g/mol. The molecule has 6 nitrogen and oxygen atoms in total. The van der Waals surface area contributed by atoms with Gasteiger partial charge in [-0.1, -0.05) is 54.1 Å². The van der Waals surface area contributed by atoms with Gasteiger partial charge < -0.3 is 10.2 Å². The molecule has 0 aliphatic rings. The fourth-order valence-electron chi connectivity index (χ4n) is 2.59. The number of benzene rings is 2. The maximum atomic E-state index is 12.3. The van der Waals surface area contributed by atoms with E-state index in [9.17, 15) is 13.2 Å². The first-order valence-corrected chi connectivity index (χ1v) is 10.4. The fraction of sp³-hybridized carbons (Fsp3) is 0.316. The summed E-state index contributed by atoms with van der Waals surface area (Å²) in [6.45, 7) is 0.629. The summed E-state index contributed by atoms with van der Waals surface area (Å²) in [4.78, 5) is 14.3. The SMILES string of the molecule is CN(C)CC(NC(=O)CCNS(=O)(=O)c1ccccc1Cl)c1ccccc1. The molecule has 8 heteroatoms. The third kappa shape index (κ3) is 6.62. The lowest BCUT2D eigenvalue weighted by molar-refractivity contribution is -0.121. The molecule has 0 aliphatic heterocycles. The molecule has 0 saturated heterocycles. The lowest BCUT2D eigenvalue weighted by atomic mass is 10.1. The van der Waals surface area contributed by atoms with Crippen molar-refractivity contribution in [1.82, 2.24) is 14.9 Å². The van der Waals surface area contributed by atoms with Crippen LogP contribution >= 0.6 is 11.6 Å². The van der Waals surface area contributed by atoms with Gasteiger partial charge in [0.15, 0.2) is 0 Å². The number of nitrogens with one attached hydrogen (secondary N) is 2. The molecule has 27 heavy (non-hydrogen) atoms. The average Bonchev–Trinajstić information content (AvgIpc) is 2.61. The molecule has 1 atom stereocenters. The Morgan fingerprint density at radius 1 is 1.07 bits per heavy atom. The Morgan fingerprint density at radius 2 is 1.70 bits per heavy atom. The van der Waals surface area contributed by atoms with Crippen molar-refractivity contribution in [3.05, 3.63) is 65.2 Å². The van der Waals surface area contributed by atoms with Crippen LogP contribution in [0.15, 0.2) is 59.5 Å². The number of amides is 1. The minimum Gasteiger partial charge on any atom is -0.348 e. The van der Waals surface area contributed by atoms with E-state index in [4.69, 9.17) is 11.6 Å². The van der Waals surface area contributed by atoms with E-state index in [0.717, 1.165) is 5.56 Å². The summed E-state index contributed by atoms with van der Waals surface area (Å²) >= 11 is 5.93. The molecule has 1 amide bonds. The topological polar surface area (TPSA) is 78.5 Å². The van der Waals surface area contributed by atoms with Crippen LogP contribution in [-0.2, 0) is 14.8 Å². The molecule has 0 bridgehead atoms. The number of rotatable bonds is 9. The Balaban J connectivity index is 1.93. The van der Waals surface area contributed by atoms with Gasteiger partial charge in [-0.15, -0.1) is 0 Å². The zero-order chi connectivity index (χ0) is 19.9. The van der Waals surface area contributed by atoms with Gasteiger partial charge in [-0.25, -0.2) is 13.1 Å². The lowest BCUT2D eigenvalue weighted by Crippen LogP contribution is -2.37. The third-order valence-electron chi connectivity index (χ3n) is 3.86. The van der Waals surface area contributed by atoms with Gasteiger partial charge in [0.05, 0.1) is 11.1 Å². The van der Waals surface area contributed by atoms with Crippen molar-refractivity contribution in [1.29, 1.82) is 0 Å². The summed E-state index contributed by atoms with van der Waals surface area (Å²) in [7, 11) is 0.104. The summed E-state index contributed by atoms with van der Waals surface area (Å²) < 4.78 is 27.0. The quantitative estimate of drug-likeness (QED) is 0.666. The van der Waals surface area contributed by atoms with Crippen molar-refractivity contribution < 1.29 is 13.2 Å².